The fraction of sp³-hybridized carbons (Fsp3) is 0.375. The smallest absolute Gasteiger partial charge is 0.270 e. The minimum atomic E-state index is -0.855. The Morgan fingerprint density at radius 2 is 2.28 bits per heavy atom. The Balaban J connectivity index is 1.43. The number of aromatic nitrogens is 1. The Hall–Kier alpha value is -2.36. The minimum absolute atomic E-state index is 0.0336. The van der Waals surface area contributed by atoms with Gasteiger partial charge < -0.3 is 29.4 Å². The van der Waals surface area contributed by atoms with Crippen molar-refractivity contribution in [3.63, 3.8) is 0 Å². The van der Waals surface area contributed by atoms with Crippen LogP contribution in [0.5, 0.6) is 17.2 Å². The average Bonchev–Trinajstić information content (AvgIpc) is 3.26. The molecule has 0 radical (unpaired) electrons. The summed E-state index contributed by atoms with van der Waals surface area (Å²) in [6, 6.07) is 5.16. The van der Waals surface area contributed by atoms with Crippen molar-refractivity contribution in [2.24, 2.45) is 0 Å². The summed E-state index contributed by atoms with van der Waals surface area (Å²) in [5, 5.41) is 15.0. The van der Waals surface area contributed by atoms with Crippen LogP contribution < -0.4 is 19.5 Å². The lowest BCUT2D eigenvalue weighted by molar-refractivity contribution is 0.0839. The van der Waals surface area contributed by atoms with E-state index in [0.717, 1.165) is 5.01 Å². The molecule has 25 heavy (non-hydrogen) atoms. The molecule has 0 saturated heterocycles. The number of ether oxygens (including phenoxy) is 4. The summed E-state index contributed by atoms with van der Waals surface area (Å²) >= 11 is 1.35. The molecule has 3 rings (SSSR count). The zero-order chi connectivity index (χ0) is 17.6. The number of aliphatic hydroxyl groups is 1. The van der Waals surface area contributed by atoms with E-state index in [2.05, 4.69) is 10.3 Å². The number of carbonyl (C=O) groups excluding carboxylic acids is 1. The van der Waals surface area contributed by atoms with E-state index in [1.807, 2.05) is 0 Å². The molecule has 2 N–H and O–H groups in total. The molecule has 0 saturated carbocycles. The molecular formula is C16H18N2O6S. The molecule has 0 fully saturated rings. The van der Waals surface area contributed by atoms with Gasteiger partial charge in [0.15, 0.2) is 11.5 Å². The third kappa shape index (κ3) is 4.59. The number of fused-ring (bicyclic) bond motifs is 1. The van der Waals surface area contributed by atoms with Gasteiger partial charge in [0, 0.05) is 25.1 Å². The maximum atomic E-state index is 12.0. The molecule has 9 heteroatoms. The Morgan fingerprint density at radius 3 is 3.12 bits per heavy atom. The number of hydrogen-bond donors (Lipinski definition) is 2. The van der Waals surface area contributed by atoms with Gasteiger partial charge in [-0.05, 0) is 12.1 Å². The molecule has 1 unspecified atom stereocenters. The van der Waals surface area contributed by atoms with Gasteiger partial charge in [0.1, 0.15) is 29.2 Å². The van der Waals surface area contributed by atoms with E-state index in [0.29, 0.717) is 29.5 Å². The van der Waals surface area contributed by atoms with Gasteiger partial charge in [-0.25, -0.2) is 4.98 Å². The highest BCUT2D eigenvalue weighted by atomic mass is 32.1. The van der Waals surface area contributed by atoms with Crippen molar-refractivity contribution in [3.05, 3.63) is 34.3 Å². The van der Waals surface area contributed by atoms with Crippen molar-refractivity contribution in [3.8, 4) is 17.2 Å². The molecule has 0 aliphatic carbocycles. The summed E-state index contributed by atoms with van der Waals surface area (Å²) in [6.07, 6.45) is -0.855. The number of thiazole rings is 1. The SMILES string of the molecule is COCc1nc(C(=O)NCC(O)COc2ccc3c(c2)OCO3)cs1. The predicted molar refractivity (Wildman–Crippen MR) is 89.2 cm³/mol. The van der Waals surface area contributed by atoms with E-state index in [4.69, 9.17) is 18.9 Å². The second-order valence-electron chi connectivity index (χ2n) is 5.25. The summed E-state index contributed by atoms with van der Waals surface area (Å²) in [5.74, 6) is 1.48. The third-order valence-electron chi connectivity index (χ3n) is 3.34. The quantitative estimate of drug-likeness (QED) is 0.724. The highest BCUT2D eigenvalue weighted by Crippen LogP contribution is 2.35. The maximum absolute atomic E-state index is 12.0. The first-order valence-electron chi connectivity index (χ1n) is 7.57. The molecule has 1 amide bonds. The highest BCUT2D eigenvalue weighted by molar-refractivity contribution is 7.09. The summed E-state index contributed by atoms with van der Waals surface area (Å²) < 4.78 is 20.9. The summed E-state index contributed by atoms with van der Waals surface area (Å²) in [6.45, 7) is 0.645. The lowest BCUT2D eigenvalue weighted by atomic mass is 10.3. The van der Waals surface area contributed by atoms with Gasteiger partial charge >= 0.3 is 0 Å². The van der Waals surface area contributed by atoms with Crippen molar-refractivity contribution in [1.82, 2.24) is 10.3 Å². The molecule has 8 nitrogen and oxygen atoms in total. The average molecular weight is 366 g/mol. The molecule has 1 aliphatic heterocycles. The predicted octanol–water partition coefficient (Wildman–Crippen LogP) is 1.19. The van der Waals surface area contributed by atoms with Gasteiger partial charge in [0.25, 0.3) is 5.91 Å². The number of rotatable bonds is 8. The Kier molecular flexibility index (Phi) is 5.69. The molecule has 0 spiro atoms. The first kappa shape index (κ1) is 17.5. The monoisotopic (exact) mass is 366 g/mol. The van der Waals surface area contributed by atoms with Crippen molar-refractivity contribution in [2.75, 3.05) is 27.1 Å². The van der Waals surface area contributed by atoms with Crippen LogP contribution in [-0.4, -0.2) is 49.2 Å². The normalized spacial score (nSPS) is 13.5. The first-order chi connectivity index (χ1) is 12.2. The maximum Gasteiger partial charge on any atom is 0.270 e. The van der Waals surface area contributed by atoms with Crippen molar-refractivity contribution in [1.29, 1.82) is 0 Å². The van der Waals surface area contributed by atoms with Gasteiger partial charge in [-0.2, -0.15) is 0 Å². The third-order valence-corrected chi connectivity index (χ3v) is 4.16. The standard InChI is InChI=1S/C16H18N2O6S/c1-21-7-15-18-12(8-25-15)16(20)17-5-10(19)6-22-11-2-3-13-14(4-11)24-9-23-13/h2-4,8,10,19H,5-7,9H2,1H3,(H,17,20). The van der Waals surface area contributed by atoms with Crippen molar-refractivity contribution < 1.29 is 28.8 Å². The van der Waals surface area contributed by atoms with E-state index < -0.39 is 6.10 Å². The number of hydrogen-bond acceptors (Lipinski definition) is 8. The Morgan fingerprint density at radius 1 is 1.44 bits per heavy atom. The zero-order valence-corrected chi connectivity index (χ0v) is 14.4. The lowest BCUT2D eigenvalue weighted by Crippen LogP contribution is -2.35. The van der Waals surface area contributed by atoms with Crippen molar-refractivity contribution >= 4 is 17.2 Å². The summed E-state index contributed by atoms with van der Waals surface area (Å²) in [5.41, 5.74) is 0.306. The molecule has 1 atom stereocenters. The lowest BCUT2D eigenvalue weighted by Gasteiger charge is -2.13. The number of nitrogens with zero attached hydrogens (tertiary/aromatic N) is 1. The molecule has 134 valence electrons. The number of carbonyl (C=O) groups is 1. The zero-order valence-electron chi connectivity index (χ0n) is 13.6. The van der Waals surface area contributed by atoms with Crippen LogP contribution in [0.15, 0.2) is 23.6 Å². The summed E-state index contributed by atoms with van der Waals surface area (Å²) in [7, 11) is 1.57. The van der Waals surface area contributed by atoms with Gasteiger partial charge in [0.05, 0.1) is 6.61 Å². The molecule has 2 aromatic rings. The topological polar surface area (TPSA) is 99.1 Å². The van der Waals surface area contributed by atoms with E-state index in [1.54, 1.807) is 30.7 Å². The van der Waals surface area contributed by atoms with Gasteiger partial charge in [0.2, 0.25) is 6.79 Å². The fourth-order valence-electron chi connectivity index (χ4n) is 2.12. The van der Waals surface area contributed by atoms with E-state index in [1.165, 1.54) is 11.3 Å². The van der Waals surface area contributed by atoms with Crippen LogP contribution in [0.3, 0.4) is 0 Å². The van der Waals surface area contributed by atoms with Crippen LogP contribution in [0.25, 0.3) is 0 Å². The van der Waals surface area contributed by atoms with Crippen LogP contribution in [0.1, 0.15) is 15.5 Å². The minimum Gasteiger partial charge on any atom is -0.491 e. The number of benzene rings is 1. The fourth-order valence-corrected chi connectivity index (χ4v) is 2.87. The van der Waals surface area contributed by atoms with E-state index in [9.17, 15) is 9.90 Å². The molecule has 1 aromatic carbocycles. The van der Waals surface area contributed by atoms with Crippen LogP contribution >= 0.6 is 11.3 Å². The Labute approximate surface area is 148 Å². The van der Waals surface area contributed by atoms with Crippen molar-refractivity contribution in [2.45, 2.75) is 12.7 Å². The van der Waals surface area contributed by atoms with Gasteiger partial charge in [-0.3, -0.25) is 4.79 Å². The van der Waals surface area contributed by atoms with Crippen LogP contribution in [0, 0.1) is 0 Å². The van der Waals surface area contributed by atoms with Gasteiger partial charge in [-0.1, -0.05) is 0 Å². The molecule has 2 heterocycles. The Bertz CT molecular complexity index is 735. The molecule has 0 bridgehead atoms. The van der Waals surface area contributed by atoms with Crippen LogP contribution in [-0.2, 0) is 11.3 Å². The number of amides is 1. The van der Waals surface area contributed by atoms with Crippen LogP contribution in [0.4, 0.5) is 0 Å². The second-order valence-corrected chi connectivity index (χ2v) is 6.19. The van der Waals surface area contributed by atoms with Crippen LogP contribution in [0.2, 0.25) is 0 Å². The second kappa shape index (κ2) is 8.15. The van der Waals surface area contributed by atoms with E-state index in [-0.39, 0.29) is 25.9 Å². The number of nitrogens with one attached hydrogen (secondary N) is 1. The summed E-state index contributed by atoms with van der Waals surface area (Å²) in [4.78, 5) is 16.1. The van der Waals surface area contributed by atoms with E-state index >= 15 is 0 Å². The van der Waals surface area contributed by atoms with Gasteiger partial charge in [-0.15, -0.1) is 11.3 Å². The molecule has 1 aromatic heterocycles. The highest BCUT2D eigenvalue weighted by Gasteiger charge is 2.15. The largest absolute Gasteiger partial charge is 0.491 e. The first-order valence-corrected chi connectivity index (χ1v) is 8.45. The molecular weight excluding hydrogens is 348 g/mol. The number of aliphatic hydroxyl groups excluding tert-OH is 1. The number of methoxy groups -OCH3 is 1. The molecule has 1 aliphatic rings.